The molecule has 0 bridgehead atoms. The molecule has 1 aliphatic heterocycles. The zero-order chi connectivity index (χ0) is 13.7. The van der Waals surface area contributed by atoms with E-state index >= 15 is 0 Å². The molecule has 2 rings (SSSR count). The highest BCUT2D eigenvalue weighted by molar-refractivity contribution is 5.78. The fourth-order valence-corrected chi connectivity index (χ4v) is 2.22. The molecule has 1 amide bonds. The lowest BCUT2D eigenvalue weighted by Gasteiger charge is -2.37. The van der Waals surface area contributed by atoms with E-state index in [1.165, 1.54) is 0 Å². The first-order valence-corrected chi connectivity index (χ1v) is 6.44. The number of aliphatic hydroxyl groups excluding tert-OH is 1. The van der Waals surface area contributed by atoms with Crippen LogP contribution in [0, 0.1) is 5.92 Å². The number of hydrogen-bond acceptors (Lipinski definition) is 4. The third-order valence-electron chi connectivity index (χ3n) is 3.33. The molecule has 0 aliphatic carbocycles. The van der Waals surface area contributed by atoms with Crippen molar-refractivity contribution >= 4 is 5.91 Å². The molecule has 2 N–H and O–H groups in total. The minimum Gasteiger partial charge on any atom is -0.496 e. The molecule has 1 heterocycles. The Balaban J connectivity index is 1.74. The van der Waals surface area contributed by atoms with Crippen LogP contribution >= 0.6 is 0 Å². The zero-order valence-corrected chi connectivity index (χ0v) is 11.1. The van der Waals surface area contributed by atoms with E-state index in [0.29, 0.717) is 19.0 Å². The molecule has 5 heteroatoms. The monoisotopic (exact) mass is 264 g/mol. The third-order valence-corrected chi connectivity index (χ3v) is 3.33. The molecular weight excluding hydrogens is 244 g/mol. The molecule has 1 aromatic carbocycles. The summed E-state index contributed by atoms with van der Waals surface area (Å²) in [7, 11) is 1.62. The summed E-state index contributed by atoms with van der Waals surface area (Å²) >= 11 is 0. The van der Waals surface area contributed by atoms with E-state index in [1.54, 1.807) is 7.11 Å². The Labute approximate surface area is 113 Å². The quantitative estimate of drug-likeness (QED) is 0.772. The van der Waals surface area contributed by atoms with Crippen molar-refractivity contribution in [2.75, 3.05) is 33.4 Å². The number of para-hydroxylation sites is 1. The maximum absolute atomic E-state index is 11.8. The summed E-state index contributed by atoms with van der Waals surface area (Å²) in [6, 6.07) is 7.64. The van der Waals surface area contributed by atoms with Crippen molar-refractivity contribution < 1.29 is 14.6 Å². The topological polar surface area (TPSA) is 61.8 Å². The van der Waals surface area contributed by atoms with Crippen molar-refractivity contribution in [3.8, 4) is 5.75 Å². The van der Waals surface area contributed by atoms with Crippen LogP contribution in [0.25, 0.3) is 0 Å². The first-order chi connectivity index (χ1) is 9.22. The Morgan fingerprint density at radius 2 is 2.21 bits per heavy atom. The van der Waals surface area contributed by atoms with Crippen molar-refractivity contribution in [3.63, 3.8) is 0 Å². The minimum absolute atomic E-state index is 0.00213. The Hall–Kier alpha value is -1.59. The van der Waals surface area contributed by atoms with E-state index < -0.39 is 0 Å². The van der Waals surface area contributed by atoms with Crippen LogP contribution in [0.1, 0.15) is 5.56 Å². The molecule has 1 saturated heterocycles. The van der Waals surface area contributed by atoms with Gasteiger partial charge in [0.05, 0.1) is 13.7 Å². The van der Waals surface area contributed by atoms with E-state index in [1.807, 2.05) is 29.2 Å². The van der Waals surface area contributed by atoms with Gasteiger partial charge in [-0.2, -0.15) is 0 Å². The van der Waals surface area contributed by atoms with Crippen LogP contribution in [0.2, 0.25) is 0 Å². The summed E-state index contributed by atoms with van der Waals surface area (Å²) in [5, 5.41) is 11.8. The van der Waals surface area contributed by atoms with E-state index in [4.69, 9.17) is 9.84 Å². The molecule has 0 atom stereocenters. The average Bonchev–Trinajstić information content (AvgIpc) is 2.40. The van der Waals surface area contributed by atoms with E-state index in [2.05, 4.69) is 5.32 Å². The van der Waals surface area contributed by atoms with Crippen LogP contribution < -0.4 is 10.1 Å². The Kier molecular flexibility index (Phi) is 4.76. The van der Waals surface area contributed by atoms with Crippen molar-refractivity contribution in [2.45, 2.75) is 6.54 Å². The maximum Gasteiger partial charge on any atom is 0.234 e. The highest BCUT2D eigenvalue weighted by Gasteiger charge is 2.27. The minimum atomic E-state index is 0.00213. The number of rotatable bonds is 6. The van der Waals surface area contributed by atoms with Gasteiger partial charge in [0.1, 0.15) is 5.75 Å². The Morgan fingerprint density at radius 3 is 2.89 bits per heavy atom. The summed E-state index contributed by atoms with van der Waals surface area (Å²) in [4.78, 5) is 13.8. The van der Waals surface area contributed by atoms with Crippen LogP contribution in [0.15, 0.2) is 24.3 Å². The van der Waals surface area contributed by atoms with Gasteiger partial charge in [-0.25, -0.2) is 0 Å². The molecule has 0 saturated carbocycles. The van der Waals surface area contributed by atoms with Gasteiger partial charge in [0.15, 0.2) is 0 Å². The fourth-order valence-electron chi connectivity index (χ4n) is 2.22. The van der Waals surface area contributed by atoms with Crippen molar-refractivity contribution in [1.82, 2.24) is 10.2 Å². The van der Waals surface area contributed by atoms with Crippen LogP contribution in [0.5, 0.6) is 5.75 Å². The summed E-state index contributed by atoms with van der Waals surface area (Å²) in [6.07, 6.45) is 0. The van der Waals surface area contributed by atoms with E-state index in [9.17, 15) is 4.79 Å². The molecule has 104 valence electrons. The molecule has 0 spiro atoms. The number of carbonyl (C=O) groups is 1. The second-order valence-corrected chi connectivity index (χ2v) is 4.83. The number of ether oxygens (including phenoxy) is 1. The first-order valence-electron chi connectivity index (χ1n) is 6.44. The van der Waals surface area contributed by atoms with Gasteiger partial charge in [-0.15, -0.1) is 0 Å². The van der Waals surface area contributed by atoms with Crippen LogP contribution in [0.4, 0.5) is 0 Å². The number of carbonyl (C=O) groups excluding carboxylic acids is 1. The SMILES string of the molecule is COc1ccccc1CNC(=O)CN1CC(CO)C1. The van der Waals surface area contributed by atoms with Crippen molar-refractivity contribution in [3.05, 3.63) is 29.8 Å². The molecule has 1 fully saturated rings. The Morgan fingerprint density at radius 1 is 1.47 bits per heavy atom. The van der Waals surface area contributed by atoms with Gasteiger partial charge in [0, 0.05) is 37.7 Å². The number of nitrogens with zero attached hydrogens (tertiary/aromatic N) is 1. The smallest absolute Gasteiger partial charge is 0.234 e. The van der Waals surface area contributed by atoms with Gasteiger partial charge >= 0.3 is 0 Å². The standard InChI is InChI=1S/C14H20N2O3/c1-19-13-5-3-2-4-12(13)6-15-14(18)9-16-7-11(8-16)10-17/h2-5,11,17H,6-10H2,1H3,(H,15,18). The number of likely N-dealkylation sites (tertiary alicyclic amines) is 1. The molecule has 0 unspecified atom stereocenters. The van der Waals surface area contributed by atoms with Gasteiger partial charge in [-0.3, -0.25) is 9.69 Å². The largest absolute Gasteiger partial charge is 0.496 e. The number of amides is 1. The maximum atomic E-state index is 11.8. The first kappa shape index (κ1) is 13.8. The average molecular weight is 264 g/mol. The fraction of sp³-hybridized carbons (Fsp3) is 0.500. The predicted molar refractivity (Wildman–Crippen MR) is 71.9 cm³/mol. The summed E-state index contributed by atoms with van der Waals surface area (Å²) in [6.45, 7) is 2.68. The van der Waals surface area contributed by atoms with Crippen LogP contribution in [-0.4, -0.2) is 49.3 Å². The van der Waals surface area contributed by atoms with Gasteiger partial charge in [0.2, 0.25) is 5.91 Å². The lowest BCUT2D eigenvalue weighted by molar-refractivity contribution is -0.124. The highest BCUT2D eigenvalue weighted by Crippen LogP contribution is 2.17. The number of methoxy groups -OCH3 is 1. The molecule has 5 nitrogen and oxygen atoms in total. The summed E-state index contributed by atoms with van der Waals surface area (Å²) < 4.78 is 5.23. The summed E-state index contributed by atoms with van der Waals surface area (Å²) in [5.74, 6) is 1.12. The number of hydrogen-bond donors (Lipinski definition) is 2. The number of nitrogens with one attached hydrogen (secondary N) is 1. The molecule has 1 aliphatic rings. The number of benzene rings is 1. The molecule has 1 aromatic rings. The lowest BCUT2D eigenvalue weighted by Crippen LogP contribution is -2.51. The van der Waals surface area contributed by atoms with Gasteiger partial charge in [-0.1, -0.05) is 18.2 Å². The van der Waals surface area contributed by atoms with Gasteiger partial charge in [-0.05, 0) is 6.07 Å². The second kappa shape index (κ2) is 6.54. The lowest BCUT2D eigenvalue weighted by atomic mass is 10.0. The Bertz CT molecular complexity index is 430. The molecule has 0 radical (unpaired) electrons. The van der Waals surface area contributed by atoms with Crippen LogP contribution in [-0.2, 0) is 11.3 Å². The molecule has 0 aromatic heterocycles. The van der Waals surface area contributed by atoms with Gasteiger partial charge < -0.3 is 15.2 Å². The third kappa shape index (κ3) is 3.68. The normalized spacial score (nSPS) is 15.9. The highest BCUT2D eigenvalue weighted by atomic mass is 16.5. The van der Waals surface area contributed by atoms with Crippen LogP contribution in [0.3, 0.4) is 0 Å². The van der Waals surface area contributed by atoms with Crippen molar-refractivity contribution in [1.29, 1.82) is 0 Å². The van der Waals surface area contributed by atoms with E-state index in [-0.39, 0.29) is 12.5 Å². The molecular formula is C14H20N2O3. The van der Waals surface area contributed by atoms with Crippen molar-refractivity contribution in [2.24, 2.45) is 5.92 Å². The molecule has 19 heavy (non-hydrogen) atoms. The van der Waals surface area contributed by atoms with E-state index in [0.717, 1.165) is 24.4 Å². The zero-order valence-electron chi connectivity index (χ0n) is 11.1. The second-order valence-electron chi connectivity index (χ2n) is 4.83. The van der Waals surface area contributed by atoms with Gasteiger partial charge in [0.25, 0.3) is 0 Å². The number of aliphatic hydroxyl groups is 1. The predicted octanol–water partition coefficient (Wildman–Crippen LogP) is 0.235. The summed E-state index contributed by atoms with van der Waals surface area (Å²) in [5.41, 5.74) is 0.968.